The van der Waals surface area contributed by atoms with E-state index in [9.17, 15) is 14.4 Å². The maximum atomic E-state index is 13.4. The van der Waals surface area contributed by atoms with E-state index in [0.717, 1.165) is 31.4 Å². The van der Waals surface area contributed by atoms with Crippen molar-refractivity contribution in [1.82, 2.24) is 4.90 Å². The van der Waals surface area contributed by atoms with Crippen LogP contribution in [0.5, 0.6) is 0 Å². The minimum atomic E-state index is -0.472. The van der Waals surface area contributed by atoms with E-state index in [-0.39, 0.29) is 23.8 Å². The number of carbonyl (C=O) groups is 3. The predicted molar refractivity (Wildman–Crippen MR) is 121 cm³/mol. The van der Waals surface area contributed by atoms with Gasteiger partial charge in [0.1, 0.15) is 6.04 Å². The fourth-order valence-corrected chi connectivity index (χ4v) is 4.89. The van der Waals surface area contributed by atoms with Gasteiger partial charge >= 0.3 is 0 Å². The molecule has 1 heterocycles. The van der Waals surface area contributed by atoms with Crippen LogP contribution in [-0.2, 0) is 9.59 Å². The molecule has 3 amide bonds. The van der Waals surface area contributed by atoms with Crippen LogP contribution in [0.1, 0.15) is 49.4 Å². The second-order valence-electron chi connectivity index (χ2n) is 8.56. The van der Waals surface area contributed by atoms with Crippen LogP contribution < -0.4 is 10.2 Å². The Balaban J connectivity index is 1.54. The van der Waals surface area contributed by atoms with Crippen molar-refractivity contribution in [2.45, 2.75) is 51.1 Å². The number of nitrogens with one attached hydrogen (secondary N) is 1. The first-order chi connectivity index (χ1) is 15.0. The number of carbonyl (C=O) groups excluding carboxylic acids is 3. The monoisotopic (exact) mass is 419 g/mol. The molecule has 3 atom stereocenters. The summed E-state index contributed by atoms with van der Waals surface area (Å²) in [5.41, 5.74) is 2.05. The number of anilines is 2. The molecule has 2 aromatic rings. The van der Waals surface area contributed by atoms with Crippen LogP contribution in [-0.4, -0.2) is 41.8 Å². The topological polar surface area (TPSA) is 69.7 Å². The summed E-state index contributed by atoms with van der Waals surface area (Å²) in [6, 6.07) is 16.1. The Labute approximate surface area is 183 Å². The number of amides is 3. The third-order valence-corrected chi connectivity index (χ3v) is 6.64. The van der Waals surface area contributed by atoms with Crippen LogP contribution >= 0.6 is 0 Å². The zero-order chi connectivity index (χ0) is 22.0. The average molecular weight is 420 g/mol. The summed E-state index contributed by atoms with van der Waals surface area (Å²) >= 11 is 0. The quantitative estimate of drug-likeness (QED) is 0.812. The van der Waals surface area contributed by atoms with Crippen molar-refractivity contribution in [3.05, 3.63) is 60.2 Å². The standard InChI is InChI=1S/C25H29N3O3/c1-17(29)27(2)21-14-12-20(13-15-21)26-24(30)23-16-19-10-6-7-11-22(19)28(23)25(31)18-8-4-3-5-9-18/h3-5,8-9,12-15,19,22-23H,6-7,10-11,16H2,1-2H3,(H,26,30). The van der Waals surface area contributed by atoms with Gasteiger partial charge in [0, 0.05) is 37.0 Å². The first-order valence-electron chi connectivity index (χ1n) is 11.0. The average Bonchev–Trinajstić information content (AvgIpc) is 3.19. The van der Waals surface area contributed by atoms with Crippen molar-refractivity contribution < 1.29 is 14.4 Å². The third kappa shape index (κ3) is 4.33. The molecule has 1 aliphatic carbocycles. The fraction of sp³-hybridized carbons (Fsp3) is 0.400. The van der Waals surface area contributed by atoms with Gasteiger partial charge in [-0.15, -0.1) is 0 Å². The largest absolute Gasteiger partial charge is 0.324 e. The Bertz CT molecular complexity index is 958. The Hall–Kier alpha value is -3.15. The van der Waals surface area contributed by atoms with Crippen molar-refractivity contribution in [2.75, 3.05) is 17.3 Å². The molecule has 2 aliphatic rings. The Morgan fingerprint density at radius 2 is 1.65 bits per heavy atom. The smallest absolute Gasteiger partial charge is 0.254 e. The lowest BCUT2D eigenvalue weighted by Crippen LogP contribution is -2.47. The Kier molecular flexibility index (Phi) is 6.07. The molecule has 3 unspecified atom stereocenters. The number of rotatable bonds is 4. The van der Waals surface area contributed by atoms with Crippen LogP contribution in [0.25, 0.3) is 0 Å². The highest BCUT2D eigenvalue weighted by Gasteiger charge is 2.47. The highest BCUT2D eigenvalue weighted by molar-refractivity contribution is 6.02. The van der Waals surface area contributed by atoms with E-state index in [4.69, 9.17) is 0 Å². The van der Waals surface area contributed by atoms with Gasteiger partial charge < -0.3 is 15.1 Å². The summed E-state index contributed by atoms with van der Waals surface area (Å²) in [5, 5.41) is 2.99. The van der Waals surface area contributed by atoms with Crippen molar-refractivity contribution in [3.63, 3.8) is 0 Å². The van der Waals surface area contributed by atoms with Crippen molar-refractivity contribution in [3.8, 4) is 0 Å². The van der Waals surface area contributed by atoms with Gasteiger partial charge in [-0.05, 0) is 61.6 Å². The zero-order valence-electron chi connectivity index (χ0n) is 18.1. The lowest BCUT2D eigenvalue weighted by Gasteiger charge is -2.33. The first-order valence-corrected chi connectivity index (χ1v) is 11.0. The molecule has 0 bridgehead atoms. The molecule has 1 N–H and O–H groups in total. The maximum absolute atomic E-state index is 13.4. The molecule has 0 spiro atoms. The van der Waals surface area contributed by atoms with Crippen molar-refractivity contribution in [2.24, 2.45) is 5.92 Å². The van der Waals surface area contributed by atoms with Crippen LogP contribution in [0, 0.1) is 5.92 Å². The van der Waals surface area contributed by atoms with Crippen molar-refractivity contribution in [1.29, 1.82) is 0 Å². The van der Waals surface area contributed by atoms with Crippen LogP contribution in [0.2, 0.25) is 0 Å². The lowest BCUT2D eigenvalue weighted by molar-refractivity contribution is -0.120. The maximum Gasteiger partial charge on any atom is 0.254 e. The Morgan fingerprint density at radius 3 is 2.32 bits per heavy atom. The van der Waals surface area contributed by atoms with E-state index in [1.54, 1.807) is 36.2 Å². The summed E-state index contributed by atoms with van der Waals surface area (Å²) in [4.78, 5) is 41.6. The Morgan fingerprint density at radius 1 is 0.968 bits per heavy atom. The molecule has 31 heavy (non-hydrogen) atoms. The number of hydrogen-bond acceptors (Lipinski definition) is 3. The summed E-state index contributed by atoms with van der Waals surface area (Å²) in [6.45, 7) is 1.51. The molecule has 1 aliphatic heterocycles. The number of likely N-dealkylation sites (tertiary alicyclic amines) is 1. The minimum absolute atomic E-state index is 0.0552. The number of nitrogens with zero attached hydrogens (tertiary/aromatic N) is 2. The second-order valence-corrected chi connectivity index (χ2v) is 8.56. The molecule has 0 aromatic heterocycles. The van der Waals surface area contributed by atoms with Gasteiger partial charge in [-0.1, -0.05) is 31.0 Å². The molecule has 6 heteroatoms. The molecule has 4 rings (SSSR count). The van der Waals surface area contributed by atoms with Gasteiger partial charge in [-0.25, -0.2) is 0 Å². The van der Waals surface area contributed by atoms with Gasteiger partial charge in [-0.3, -0.25) is 14.4 Å². The minimum Gasteiger partial charge on any atom is -0.324 e. The molecule has 0 radical (unpaired) electrons. The van der Waals surface area contributed by atoms with Gasteiger partial charge in [0.2, 0.25) is 11.8 Å². The SMILES string of the molecule is CC(=O)N(C)c1ccc(NC(=O)C2CC3CCCCC3N2C(=O)c2ccccc2)cc1. The van der Waals surface area contributed by atoms with Crippen LogP contribution in [0.4, 0.5) is 11.4 Å². The summed E-state index contributed by atoms with van der Waals surface area (Å²) in [5.74, 6) is 0.115. The van der Waals surface area contributed by atoms with Crippen LogP contribution in [0.15, 0.2) is 54.6 Å². The molecule has 1 saturated carbocycles. The molecular formula is C25H29N3O3. The number of hydrogen-bond donors (Lipinski definition) is 1. The highest BCUT2D eigenvalue weighted by atomic mass is 16.2. The molecule has 6 nitrogen and oxygen atoms in total. The van der Waals surface area contributed by atoms with E-state index in [1.807, 2.05) is 35.2 Å². The van der Waals surface area contributed by atoms with E-state index >= 15 is 0 Å². The van der Waals surface area contributed by atoms with Gasteiger partial charge in [0.15, 0.2) is 0 Å². The molecule has 1 saturated heterocycles. The van der Waals surface area contributed by atoms with E-state index in [2.05, 4.69) is 5.32 Å². The molecule has 162 valence electrons. The number of benzene rings is 2. The van der Waals surface area contributed by atoms with Gasteiger partial charge in [0.05, 0.1) is 0 Å². The molecular weight excluding hydrogens is 390 g/mol. The lowest BCUT2D eigenvalue weighted by atomic mass is 9.84. The summed E-state index contributed by atoms with van der Waals surface area (Å²) in [6.07, 6.45) is 4.99. The first kappa shape index (κ1) is 21.1. The van der Waals surface area contributed by atoms with Gasteiger partial charge in [-0.2, -0.15) is 0 Å². The zero-order valence-corrected chi connectivity index (χ0v) is 18.1. The highest BCUT2D eigenvalue weighted by Crippen LogP contribution is 2.40. The molecule has 2 aromatic carbocycles. The van der Waals surface area contributed by atoms with E-state index in [1.165, 1.54) is 6.92 Å². The predicted octanol–water partition coefficient (Wildman–Crippen LogP) is 4.08. The van der Waals surface area contributed by atoms with E-state index in [0.29, 0.717) is 23.6 Å². The summed E-state index contributed by atoms with van der Waals surface area (Å²) in [7, 11) is 1.71. The normalized spacial score (nSPS) is 22.5. The third-order valence-electron chi connectivity index (χ3n) is 6.64. The summed E-state index contributed by atoms with van der Waals surface area (Å²) < 4.78 is 0. The van der Waals surface area contributed by atoms with Crippen molar-refractivity contribution >= 4 is 29.1 Å². The van der Waals surface area contributed by atoms with Crippen LogP contribution in [0.3, 0.4) is 0 Å². The van der Waals surface area contributed by atoms with E-state index < -0.39 is 6.04 Å². The fourth-order valence-electron chi connectivity index (χ4n) is 4.89. The molecule has 2 fully saturated rings. The number of fused-ring (bicyclic) bond motifs is 1. The van der Waals surface area contributed by atoms with Gasteiger partial charge in [0.25, 0.3) is 5.91 Å². The second kappa shape index (κ2) is 8.92.